The number of aromatic nitrogens is 2. The Labute approximate surface area is 172 Å². The van der Waals surface area contributed by atoms with Crippen LogP contribution in [0, 0.1) is 0 Å². The molecule has 1 aromatic carbocycles. The van der Waals surface area contributed by atoms with E-state index in [-0.39, 0.29) is 0 Å². The lowest BCUT2D eigenvalue weighted by Gasteiger charge is -2.32. The largest absolute Gasteiger partial charge is 0.497 e. The van der Waals surface area contributed by atoms with Crippen LogP contribution in [0.15, 0.2) is 66.9 Å². The van der Waals surface area contributed by atoms with Crippen molar-refractivity contribution in [2.45, 2.75) is 25.2 Å². The maximum atomic E-state index is 5.25. The first-order valence-corrected chi connectivity index (χ1v) is 10.3. The molecule has 0 spiro atoms. The Bertz CT molecular complexity index is 898. The van der Waals surface area contributed by atoms with Crippen molar-refractivity contribution < 1.29 is 4.74 Å². The second-order valence-electron chi connectivity index (χ2n) is 7.53. The third kappa shape index (κ3) is 5.33. The molecule has 29 heavy (non-hydrogen) atoms. The Morgan fingerprint density at radius 2 is 1.90 bits per heavy atom. The number of piperidine rings is 1. The van der Waals surface area contributed by atoms with Gasteiger partial charge in [-0.15, -0.1) is 0 Å². The van der Waals surface area contributed by atoms with Crippen molar-refractivity contribution >= 4 is 11.6 Å². The smallest absolute Gasteiger partial charge is 0.131 e. The highest BCUT2D eigenvalue weighted by molar-refractivity contribution is 5.51. The zero-order valence-electron chi connectivity index (χ0n) is 16.9. The SMILES string of the molecule is COc1ccc(CCN2CCC[C@@H](c3cccc(Nc4ccccn4)n3)C2)cc1. The molecule has 3 aromatic rings. The van der Waals surface area contributed by atoms with E-state index in [2.05, 4.69) is 39.5 Å². The van der Waals surface area contributed by atoms with Crippen molar-refractivity contribution in [3.8, 4) is 5.75 Å². The molecule has 2 aromatic heterocycles. The van der Waals surface area contributed by atoms with Crippen LogP contribution in [0.3, 0.4) is 0 Å². The van der Waals surface area contributed by atoms with Crippen LogP contribution in [0.1, 0.15) is 30.0 Å². The lowest BCUT2D eigenvalue weighted by molar-refractivity contribution is 0.208. The number of rotatable bonds is 7. The van der Waals surface area contributed by atoms with Crippen molar-refractivity contribution in [3.05, 3.63) is 78.1 Å². The van der Waals surface area contributed by atoms with E-state index in [0.29, 0.717) is 5.92 Å². The number of nitrogens with zero attached hydrogens (tertiary/aromatic N) is 3. The Morgan fingerprint density at radius 1 is 1.03 bits per heavy atom. The van der Waals surface area contributed by atoms with E-state index in [4.69, 9.17) is 9.72 Å². The summed E-state index contributed by atoms with van der Waals surface area (Å²) >= 11 is 0. The average molecular weight is 389 g/mol. The number of hydrogen-bond donors (Lipinski definition) is 1. The fourth-order valence-corrected chi connectivity index (χ4v) is 3.90. The Balaban J connectivity index is 1.35. The summed E-state index contributed by atoms with van der Waals surface area (Å²) in [5.74, 6) is 3.07. The Hall–Kier alpha value is -2.92. The van der Waals surface area contributed by atoms with Crippen LogP contribution in [-0.2, 0) is 6.42 Å². The lowest BCUT2D eigenvalue weighted by atomic mass is 9.94. The minimum absolute atomic E-state index is 0.477. The summed E-state index contributed by atoms with van der Waals surface area (Å²) < 4.78 is 5.25. The molecule has 1 aliphatic rings. The highest BCUT2D eigenvalue weighted by Crippen LogP contribution is 2.27. The zero-order chi connectivity index (χ0) is 19.9. The highest BCUT2D eigenvalue weighted by Gasteiger charge is 2.22. The summed E-state index contributed by atoms with van der Waals surface area (Å²) in [4.78, 5) is 11.8. The highest BCUT2D eigenvalue weighted by atomic mass is 16.5. The average Bonchev–Trinajstić information content (AvgIpc) is 2.79. The first-order valence-electron chi connectivity index (χ1n) is 10.3. The van der Waals surface area contributed by atoms with Gasteiger partial charge in [-0.3, -0.25) is 0 Å². The number of anilines is 2. The summed E-state index contributed by atoms with van der Waals surface area (Å²) in [6, 6.07) is 20.5. The fourth-order valence-electron chi connectivity index (χ4n) is 3.90. The second-order valence-corrected chi connectivity index (χ2v) is 7.53. The normalized spacial score (nSPS) is 17.1. The summed E-state index contributed by atoms with van der Waals surface area (Å²) in [5.41, 5.74) is 2.52. The van der Waals surface area contributed by atoms with Gasteiger partial charge in [0.15, 0.2) is 0 Å². The fraction of sp³-hybridized carbons (Fsp3) is 0.333. The van der Waals surface area contributed by atoms with Gasteiger partial charge < -0.3 is 15.0 Å². The zero-order valence-corrected chi connectivity index (χ0v) is 16.9. The van der Waals surface area contributed by atoms with Gasteiger partial charge in [0.1, 0.15) is 17.4 Å². The number of nitrogens with one attached hydrogen (secondary N) is 1. The molecule has 1 aliphatic heterocycles. The molecule has 0 aliphatic carbocycles. The summed E-state index contributed by atoms with van der Waals surface area (Å²) in [6.07, 6.45) is 5.26. The molecule has 4 rings (SSSR count). The molecule has 0 unspecified atom stereocenters. The number of methoxy groups -OCH3 is 1. The van der Waals surface area contributed by atoms with E-state index in [0.717, 1.165) is 36.9 Å². The van der Waals surface area contributed by atoms with Gasteiger partial charge in [-0.05, 0) is 67.8 Å². The van der Waals surface area contributed by atoms with Gasteiger partial charge in [0.05, 0.1) is 7.11 Å². The van der Waals surface area contributed by atoms with E-state index in [1.807, 2.05) is 36.4 Å². The molecule has 0 bridgehead atoms. The molecule has 3 heterocycles. The quantitative estimate of drug-likeness (QED) is 0.638. The van der Waals surface area contributed by atoms with E-state index >= 15 is 0 Å². The minimum Gasteiger partial charge on any atom is -0.497 e. The second kappa shape index (κ2) is 9.52. The van der Waals surface area contributed by atoms with Gasteiger partial charge in [-0.25, -0.2) is 9.97 Å². The van der Waals surface area contributed by atoms with Gasteiger partial charge in [0, 0.05) is 30.9 Å². The number of pyridine rings is 2. The molecule has 1 N–H and O–H groups in total. The molecule has 1 atom stereocenters. The maximum absolute atomic E-state index is 5.25. The predicted molar refractivity (Wildman–Crippen MR) is 117 cm³/mol. The lowest BCUT2D eigenvalue weighted by Crippen LogP contribution is -2.36. The summed E-state index contributed by atoms with van der Waals surface area (Å²) in [6.45, 7) is 3.31. The van der Waals surface area contributed by atoms with E-state index in [9.17, 15) is 0 Å². The van der Waals surface area contributed by atoms with Crippen LogP contribution in [-0.4, -0.2) is 41.6 Å². The van der Waals surface area contributed by atoms with E-state index in [1.54, 1.807) is 13.3 Å². The molecular weight excluding hydrogens is 360 g/mol. The Morgan fingerprint density at radius 3 is 2.69 bits per heavy atom. The molecule has 0 saturated carbocycles. The number of hydrogen-bond acceptors (Lipinski definition) is 5. The van der Waals surface area contributed by atoms with Gasteiger partial charge >= 0.3 is 0 Å². The van der Waals surface area contributed by atoms with Crippen LogP contribution >= 0.6 is 0 Å². The third-order valence-electron chi connectivity index (χ3n) is 5.49. The molecule has 1 saturated heterocycles. The minimum atomic E-state index is 0.477. The van der Waals surface area contributed by atoms with E-state index in [1.165, 1.54) is 30.6 Å². The molecule has 5 nitrogen and oxygen atoms in total. The van der Waals surface area contributed by atoms with Crippen molar-refractivity contribution in [2.75, 3.05) is 32.1 Å². The first-order chi connectivity index (χ1) is 14.3. The number of likely N-dealkylation sites (tertiary alicyclic amines) is 1. The number of ether oxygens (including phenoxy) is 1. The van der Waals surface area contributed by atoms with Crippen LogP contribution < -0.4 is 10.1 Å². The molecular formula is C24H28N4O. The summed E-state index contributed by atoms with van der Waals surface area (Å²) in [5, 5.41) is 3.30. The molecule has 150 valence electrons. The van der Waals surface area contributed by atoms with Gasteiger partial charge in [0.2, 0.25) is 0 Å². The Kier molecular flexibility index (Phi) is 6.37. The van der Waals surface area contributed by atoms with Crippen LogP contribution in [0.5, 0.6) is 5.75 Å². The summed E-state index contributed by atoms with van der Waals surface area (Å²) in [7, 11) is 1.71. The van der Waals surface area contributed by atoms with Gasteiger partial charge in [-0.1, -0.05) is 24.3 Å². The van der Waals surface area contributed by atoms with Crippen molar-refractivity contribution in [1.82, 2.24) is 14.9 Å². The van der Waals surface area contributed by atoms with Crippen molar-refractivity contribution in [3.63, 3.8) is 0 Å². The van der Waals surface area contributed by atoms with E-state index < -0.39 is 0 Å². The van der Waals surface area contributed by atoms with Crippen LogP contribution in [0.25, 0.3) is 0 Å². The molecule has 1 fully saturated rings. The standard InChI is InChI=1S/C24H28N4O/c1-29-21-12-10-19(11-13-21)14-17-28-16-5-6-20(18-28)22-7-4-9-24(26-22)27-23-8-2-3-15-25-23/h2-4,7-13,15,20H,5-6,14,16-18H2,1H3,(H,25,26,27)/t20-/m1/s1. The predicted octanol–water partition coefficient (Wildman–Crippen LogP) is 4.65. The maximum Gasteiger partial charge on any atom is 0.131 e. The van der Waals surface area contributed by atoms with Gasteiger partial charge in [-0.2, -0.15) is 0 Å². The van der Waals surface area contributed by atoms with Crippen LogP contribution in [0.4, 0.5) is 11.6 Å². The third-order valence-corrected chi connectivity index (χ3v) is 5.49. The van der Waals surface area contributed by atoms with Gasteiger partial charge in [0.25, 0.3) is 0 Å². The first kappa shape index (κ1) is 19.4. The topological polar surface area (TPSA) is 50.3 Å². The monoisotopic (exact) mass is 388 g/mol. The van der Waals surface area contributed by atoms with Crippen LogP contribution in [0.2, 0.25) is 0 Å². The molecule has 5 heteroatoms. The molecule has 0 radical (unpaired) electrons. The van der Waals surface area contributed by atoms with Crippen molar-refractivity contribution in [2.24, 2.45) is 0 Å². The van der Waals surface area contributed by atoms with Crippen molar-refractivity contribution in [1.29, 1.82) is 0 Å². The molecule has 0 amide bonds. The number of benzene rings is 1.